The molecule has 2 rings (SSSR count). The average molecular weight is 267 g/mol. The van der Waals surface area contributed by atoms with Crippen LogP contribution in [0.15, 0.2) is 24.7 Å². The molecule has 0 aliphatic carbocycles. The molecular formula is C11H8F3N5. The lowest BCUT2D eigenvalue weighted by Gasteiger charge is -2.03. The van der Waals surface area contributed by atoms with Crippen molar-refractivity contribution in [3.63, 3.8) is 0 Å². The number of hydrogen-bond acceptors (Lipinski definition) is 4. The molecule has 98 valence electrons. The van der Waals surface area contributed by atoms with E-state index in [4.69, 9.17) is 11.5 Å². The van der Waals surface area contributed by atoms with Gasteiger partial charge in [-0.05, 0) is 0 Å². The van der Waals surface area contributed by atoms with Gasteiger partial charge in [0.15, 0.2) is 0 Å². The fourth-order valence-corrected chi connectivity index (χ4v) is 1.26. The Hall–Kier alpha value is -2.69. The van der Waals surface area contributed by atoms with Crippen LogP contribution in [-0.4, -0.2) is 14.8 Å². The first-order chi connectivity index (χ1) is 8.86. The van der Waals surface area contributed by atoms with Gasteiger partial charge in [0.1, 0.15) is 5.82 Å². The van der Waals surface area contributed by atoms with Crippen LogP contribution in [0.25, 0.3) is 0 Å². The smallest absolute Gasteiger partial charge is 0.398 e. The van der Waals surface area contributed by atoms with Crippen LogP contribution in [-0.2, 0) is 6.30 Å². The summed E-state index contributed by atoms with van der Waals surface area (Å²) in [6.07, 6.45) is -1.40. The summed E-state index contributed by atoms with van der Waals surface area (Å²) in [7, 11) is 0. The number of alkyl halides is 3. The van der Waals surface area contributed by atoms with Gasteiger partial charge < -0.3 is 11.5 Å². The van der Waals surface area contributed by atoms with Gasteiger partial charge in [-0.3, -0.25) is 0 Å². The van der Waals surface area contributed by atoms with E-state index in [1.54, 1.807) is 0 Å². The number of aromatic nitrogens is 3. The van der Waals surface area contributed by atoms with Crippen LogP contribution < -0.4 is 11.5 Å². The van der Waals surface area contributed by atoms with E-state index in [-0.39, 0.29) is 16.1 Å². The molecular weight excluding hydrogens is 259 g/mol. The van der Waals surface area contributed by atoms with Gasteiger partial charge in [-0.15, -0.1) is 13.2 Å². The second kappa shape index (κ2) is 4.53. The highest BCUT2D eigenvalue weighted by atomic mass is 19.4. The van der Waals surface area contributed by atoms with Crippen LogP contribution in [0.5, 0.6) is 0 Å². The highest BCUT2D eigenvalue weighted by Crippen LogP contribution is 2.21. The molecule has 0 aliphatic rings. The molecule has 0 aliphatic heterocycles. The van der Waals surface area contributed by atoms with Crippen molar-refractivity contribution in [3.8, 4) is 11.8 Å². The maximum Gasteiger partial charge on any atom is 0.504 e. The average Bonchev–Trinajstić information content (AvgIpc) is 2.76. The topological polar surface area (TPSA) is 82.8 Å². The van der Waals surface area contributed by atoms with Gasteiger partial charge in [-0.25, -0.2) is 4.98 Å². The number of rotatable bonds is 0. The van der Waals surface area contributed by atoms with Gasteiger partial charge in [-0.2, -0.15) is 9.78 Å². The standard InChI is InChI=1S/C11H8F3N5/c12-11(13,14)19-6-7(4-18-19)1-2-8-5-17-10(16)3-9(8)15/h3-6H,(H4,15,16,17). The summed E-state index contributed by atoms with van der Waals surface area (Å²) >= 11 is 0. The van der Waals surface area contributed by atoms with Crippen molar-refractivity contribution in [1.82, 2.24) is 14.8 Å². The highest BCUT2D eigenvalue weighted by molar-refractivity contribution is 5.59. The van der Waals surface area contributed by atoms with E-state index in [0.29, 0.717) is 11.3 Å². The van der Waals surface area contributed by atoms with Crippen molar-refractivity contribution in [1.29, 1.82) is 0 Å². The Morgan fingerprint density at radius 2 is 1.89 bits per heavy atom. The Balaban J connectivity index is 2.27. The molecule has 2 aromatic rings. The Morgan fingerprint density at radius 3 is 2.47 bits per heavy atom. The van der Waals surface area contributed by atoms with Gasteiger partial charge in [0.25, 0.3) is 0 Å². The lowest BCUT2D eigenvalue weighted by Crippen LogP contribution is -2.16. The van der Waals surface area contributed by atoms with Gasteiger partial charge >= 0.3 is 6.30 Å². The summed E-state index contributed by atoms with van der Waals surface area (Å²) in [6, 6.07) is 1.42. The lowest BCUT2D eigenvalue weighted by molar-refractivity contribution is -0.212. The van der Waals surface area contributed by atoms with Crippen molar-refractivity contribution in [2.24, 2.45) is 0 Å². The number of halogens is 3. The van der Waals surface area contributed by atoms with E-state index in [1.165, 1.54) is 12.3 Å². The van der Waals surface area contributed by atoms with Crippen molar-refractivity contribution in [3.05, 3.63) is 35.8 Å². The van der Waals surface area contributed by atoms with Gasteiger partial charge in [-0.1, -0.05) is 11.8 Å². The molecule has 2 aromatic heterocycles. The Bertz CT molecular complexity index is 663. The molecule has 5 nitrogen and oxygen atoms in total. The highest BCUT2D eigenvalue weighted by Gasteiger charge is 2.31. The molecule has 0 spiro atoms. The predicted octanol–water partition coefficient (Wildman–Crippen LogP) is 1.32. The molecule has 0 atom stereocenters. The van der Waals surface area contributed by atoms with Crippen molar-refractivity contribution in [2.75, 3.05) is 11.5 Å². The third-order valence-electron chi connectivity index (χ3n) is 2.14. The van der Waals surface area contributed by atoms with Gasteiger partial charge in [0.2, 0.25) is 0 Å². The largest absolute Gasteiger partial charge is 0.504 e. The number of nitrogen functional groups attached to an aromatic ring is 2. The second-order valence-corrected chi connectivity index (χ2v) is 3.59. The van der Waals surface area contributed by atoms with Crippen molar-refractivity contribution in [2.45, 2.75) is 6.30 Å². The SMILES string of the molecule is Nc1cc(N)c(C#Cc2cnn(C(F)(F)F)c2)cn1. The molecule has 0 saturated heterocycles. The van der Waals surface area contributed by atoms with Crippen LogP contribution in [0.1, 0.15) is 11.1 Å². The zero-order valence-electron chi connectivity index (χ0n) is 9.44. The number of nitrogens with zero attached hydrogens (tertiary/aromatic N) is 3. The van der Waals surface area contributed by atoms with E-state index < -0.39 is 6.30 Å². The third-order valence-corrected chi connectivity index (χ3v) is 2.14. The van der Waals surface area contributed by atoms with Crippen LogP contribution in [0, 0.1) is 11.8 Å². The summed E-state index contributed by atoms with van der Waals surface area (Å²) in [5, 5.41) is 3.16. The third kappa shape index (κ3) is 2.95. The number of anilines is 2. The molecule has 0 unspecified atom stereocenters. The van der Waals surface area contributed by atoms with E-state index >= 15 is 0 Å². The van der Waals surface area contributed by atoms with E-state index in [9.17, 15) is 13.2 Å². The Labute approximate surface area is 106 Å². The van der Waals surface area contributed by atoms with Gasteiger partial charge in [0, 0.05) is 18.5 Å². The predicted molar refractivity (Wildman–Crippen MR) is 62.6 cm³/mol. The minimum absolute atomic E-state index is 0.119. The quantitative estimate of drug-likeness (QED) is 0.705. The fourth-order valence-electron chi connectivity index (χ4n) is 1.26. The van der Waals surface area contributed by atoms with E-state index in [1.807, 2.05) is 0 Å². The first-order valence-electron chi connectivity index (χ1n) is 5.01. The molecule has 4 N–H and O–H groups in total. The molecule has 0 radical (unpaired) electrons. The maximum absolute atomic E-state index is 12.3. The zero-order valence-corrected chi connectivity index (χ0v) is 9.44. The van der Waals surface area contributed by atoms with Gasteiger partial charge in [0.05, 0.1) is 23.0 Å². The lowest BCUT2D eigenvalue weighted by atomic mass is 10.2. The first kappa shape index (κ1) is 12.8. The molecule has 0 saturated carbocycles. The first-order valence-corrected chi connectivity index (χ1v) is 5.01. The maximum atomic E-state index is 12.3. The molecule has 19 heavy (non-hydrogen) atoms. The summed E-state index contributed by atoms with van der Waals surface area (Å²) in [5.41, 5.74) is 11.9. The minimum Gasteiger partial charge on any atom is -0.398 e. The second-order valence-electron chi connectivity index (χ2n) is 3.59. The number of hydrogen-bond donors (Lipinski definition) is 2. The minimum atomic E-state index is -4.55. The van der Waals surface area contributed by atoms with Crippen molar-refractivity contribution < 1.29 is 13.2 Å². The van der Waals surface area contributed by atoms with Crippen LogP contribution >= 0.6 is 0 Å². The number of nitrogens with two attached hydrogens (primary N) is 2. The molecule has 2 heterocycles. The molecule has 0 bridgehead atoms. The molecule has 0 aromatic carbocycles. The number of pyridine rings is 1. The van der Waals surface area contributed by atoms with Crippen LogP contribution in [0.2, 0.25) is 0 Å². The molecule has 0 amide bonds. The van der Waals surface area contributed by atoms with E-state index in [0.717, 1.165) is 12.4 Å². The molecule has 8 heteroatoms. The summed E-state index contributed by atoms with van der Waals surface area (Å²) in [5.74, 6) is 5.37. The normalized spacial score (nSPS) is 10.9. The van der Waals surface area contributed by atoms with E-state index in [2.05, 4.69) is 21.9 Å². The molecule has 0 fully saturated rings. The summed E-state index contributed by atoms with van der Waals surface area (Å²) in [6.45, 7) is 0. The zero-order chi connectivity index (χ0) is 14.0. The Kier molecular flexibility index (Phi) is 3.04. The monoisotopic (exact) mass is 267 g/mol. The summed E-state index contributed by atoms with van der Waals surface area (Å²) < 4.78 is 36.7. The van der Waals surface area contributed by atoms with Crippen molar-refractivity contribution >= 4 is 11.5 Å². The van der Waals surface area contributed by atoms with Crippen LogP contribution in [0.3, 0.4) is 0 Å². The van der Waals surface area contributed by atoms with Crippen LogP contribution in [0.4, 0.5) is 24.7 Å². The Morgan fingerprint density at radius 1 is 1.16 bits per heavy atom. The summed E-state index contributed by atoms with van der Waals surface area (Å²) in [4.78, 5) is 3.79. The fraction of sp³-hybridized carbons (Fsp3) is 0.0909.